The van der Waals surface area contributed by atoms with Gasteiger partial charge in [-0.05, 0) is 25.0 Å². The number of amides is 2. The molecular formula is C16H23N3O3. The third-order valence-corrected chi connectivity index (χ3v) is 5.21. The molecule has 120 valence electrons. The molecule has 0 radical (unpaired) electrons. The first-order chi connectivity index (χ1) is 10.6. The highest BCUT2D eigenvalue weighted by Crippen LogP contribution is 2.42. The summed E-state index contributed by atoms with van der Waals surface area (Å²) in [4.78, 5) is 26.5. The van der Waals surface area contributed by atoms with E-state index in [0.717, 1.165) is 12.8 Å². The Morgan fingerprint density at radius 2 is 2.18 bits per heavy atom. The number of ether oxygens (including phenoxy) is 1. The Morgan fingerprint density at radius 3 is 2.77 bits per heavy atom. The fraction of sp³-hybridized carbons (Fsp3) is 0.625. The molecule has 2 aliphatic rings. The van der Waals surface area contributed by atoms with Gasteiger partial charge < -0.3 is 19.5 Å². The smallest absolute Gasteiger partial charge is 0.270 e. The fourth-order valence-corrected chi connectivity index (χ4v) is 3.73. The molecule has 3 heterocycles. The predicted molar refractivity (Wildman–Crippen MR) is 81.4 cm³/mol. The average molecular weight is 305 g/mol. The van der Waals surface area contributed by atoms with Crippen molar-refractivity contribution in [3.8, 4) is 0 Å². The number of hydrogen-bond acceptors (Lipinski definition) is 3. The van der Waals surface area contributed by atoms with E-state index in [1.54, 1.807) is 7.11 Å². The molecule has 1 unspecified atom stereocenters. The number of nitrogens with one attached hydrogen (secondary N) is 1. The minimum atomic E-state index is -0.0928. The third kappa shape index (κ3) is 2.41. The summed E-state index contributed by atoms with van der Waals surface area (Å²) in [5.74, 6) is 0.0665. The molecule has 0 aromatic carbocycles. The van der Waals surface area contributed by atoms with Crippen molar-refractivity contribution in [2.45, 2.75) is 12.8 Å². The highest BCUT2D eigenvalue weighted by Gasteiger charge is 2.50. The van der Waals surface area contributed by atoms with Crippen LogP contribution in [0, 0.1) is 11.3 Å². The number of carbonyl (C=O) groups excluding carboxylic acids is 2. The zero-order chi connectivity index (χ0) is 15.7. The topological polar surface area (TPSA) is 63.6 Å². The second-order valence-electron chi connectivity index (χ2n) is 6.38. The number of hydrogen-bond donors (Lipinski definition) is 1. The van der Waals surface area contributed by atoms with Crippen LogP contribution in [0.15, 0.2) is 18.3 Å². The largest absolute Gasteiger partial charge is 0.384 e. The van der Waals surface area contributed by atoms with Crippen LogP contribution in [0.5, 0.6) is 0 Å². The number of rotatable bonds is 3. The van der Waals surface area contributed by atoms with Crippen LogP contribution in [0.2, 0.25) is 0 Å². The van der Waals surface area contributed by atoms with Gasteiger partial charge in [-0.2, -0.15) is 0 Å². The molecule has 2 fully saturated rings. The number of likely N-dealkylation sites (tertiary alicyclic amines) is 1. The number of methoxy groups -OCH3 is 1. The molecule has 1 N–H and O–H groups in total. The molecule has 22 heavy (non-hydrogen) atoms. The summed E-state index contributed by atoms with van der Waals surface area (Å²) in [6.45, 7) is 2.54. The van der Waals surface area contributed by atoms with Crippen LogP contribution in [0.4, 0.5) is 0 Å². The maximum Gasteiger partial charge on any atom is 0.270 e. The van der Waals surface area contributed by atoms with E-state index in [4.69, 9.17) is 4.74 Å². The molecule has 0 aliphatic carbocycles. The third-order valence-electron chi connectivity index (χ3n) is 5.21. The van der Waals surface area contributed by atoms with Crippen molar-refractivity contribution in [2.24, 2.45) is 18.4 Å². The summed E-state index contributed by atoms with van der Waals surface area (Å²) in [6, 6.07) is 3.73. The highest BCUT2D eigenvalue weighted by molar-refractivity contribution is 5.93. The summed E-state index contributed by atoms with van der Waals surface area (Å²) in [5.41, 5.74) is 0.656. The summed E-state index contributed by atoms with van der Waals surface area (Å²) in [5, 5.41) is 2.97. The maximum absolute atomic E-state index is 12.6. The minimum absolute atomic E-state index is 0.0575. The number of carbonyl (C=O) groups is 2. The van der Waals surface area contributed by atoms with E-state index in [1.165, 1.54) is 0 Å². The van der Waals surface area contributed by atoms with Gasteiger partial charge in [-0.15, -0.1) is 0 Å². The molecule has 3 rings (SSSR count). The highest BCUT2D eigenvalue weighted by atomic mass is 16.5. The molecule has 2 saturated heterocycles. The van der Waals surface area contributed by atoms with Crippen LogP contribution in [-0.4, -0.2) is 54.6 Å². The van der Waals surface area contributed by atoms with Crippen LogP contribution < -0.4 is 5.32 Å². The van der Waals surface area contributed by atoms with Crippen LogP contribution >= 0.6 is 0 Å². The quantitative estimate of drug-likeness (QED) is 0.891. The lowest BCUT2D eigenvalue weighted by molar-refractivity contribution is -0.126. The molecule has 1 spiro atoms. The van der Waals surface area contributed by atoms with Crippen molar-refractivity contribution < 1.29 is 14.3 Å². The van der Waals surface area contributed by atoms with E-state index in [-0.39, 0.29) is 23.1 Å². The first-order valence-electron chi connectivity index (χ1n) is 7.75. The normalized spacial score (nSPS) is 23.8. The van der Waals surface area contributed by atoms with Crippen molar-refractivity contribution in [1.82, 2.24) is 14.8 Å². The van der Waals surface area contributed by atoms with E-state index in [1.807, 2.05) is 34.8 Å². The van der Waals surface area contributed by atoms with Crippen molar-refractivity contribution in [3.63, 3.8) is 0 Å². The van der Waals surface area contributed by atoms with Crippen molar-refractivity contribution in [2.75, 3.05) is 33.4 Å². The second kappa shape index (κ2) is 5.76. The maximum atomic E-state index is 12.6. The molecule has 1 aromatic heterocycles. The van der Waals surface area contributed by atoms with Crippen LogP contribution in [0.3, 0.4) is 0 Å². The van der Waals surface area contributed by atoms with Gasteiger partial charge in [0.25, 0.3) is 5.91 Å². The average Bonchev–Trinajstić information content (AvgIpc) is 3.07. The van der Waals surface area contributed by atoms with Gasteiger partial charge in [-0.25, -0.2) is 0 Å². The number of aryl methyl sites for hydroxylation is 1. The Labute approximate surface area is 130 Å². The Morgan fingerprint density at radius 1 is 1.45 bits per heavy atom. The van der Waals surface area contributed by atoms with Crippen molar-refractivity contribution >= 4 is 11.8 Å². The Kier molecular flexibility index (Phi) is 3.95. The van der Waals surface area contributed by atoms with Gasteiger partial charge in [0.2, 0.25) is 5.91 Å². The van der Waals surface area contributed by atoms with Gasteiger partial charge in [0.05, 0.1) is 12.5 Å². The number of nitrogens with zero attached hydrogens (tertiary/aromatic N) is 2. The van der Waals surface area contributed by atoms with Crippen LogP contribution in [-0.2, 0) is 16.6 Å². The van der Waals surface area contributed by atoms with Gasteiger partial charge >= 0.3 is 0 Å². The second-order valence-corrected chi connectivity index (χ2v) is 6.38. The van der Waals surface area contributed by atoms with Gasteiger partial charge in [-0.1, -0.05) is 0 Å². The number of aromatic nitrogens is 1. The summed E-state index contributed by atoms with van der Waals surface area (Å²) in [7, 11) is 3.51. The number of piperidine rings is 1. The van der Waals surface area contributed by atoms with Crippen molar-refractivity contribution in [1.29, 1.82) is 0 Å². The molecule has 2 aliphatic heterocycles. The molecule has 2 amide bonds. The first-order valence-corrected chi connectivity index (χ1v) is 7.75. The zero-order valence-corrected chi connectivity index (χ0v) is 13.2. The standard InChI is InChI=1S/C16H23N3O3/c1-18-7-3-4-13(18)15(21)19-8-5-16(6-9-19)11-17-14(20)12(16)10-22-2/h3-4,7,12H,5-6,8-11H2,1-2H3,(H,17,20). The molecule has 0 bridgehead atoms. The van der Waals surface area contributed by atoms with E-state index in [9.17, 15) is 9.59 Å². The summed E-state index contributed by atoms with van der Waals surface area (Å²) in [6.07, 6.45) is 3.57. The Balaban J connectivity index is 1.69. The molecule has 6 heteroatoms. The fourth-order valence-electron chi connectivity index (χ4n) is 3.73. The van der Waals surface area contributed by atoms with Crippen molar-refractivity contribution in [3.05, 3.63) is 24.0 Å². The molecule has 6 nitrogen and oxygen atoms in total. The molecule has 0 saturated carbocycles. The minimum Gasteiger partial charge on any atom is -0.384 e. The van der Waals surface area contributed by atoms with Gasteiger partial charge in [0, 0.05) is 45.4 Å². The summed E-state index contributed by atoms with van der Waals surface area (Å²) >= 11 is 0. The molecular weight excluding hydrogens is 282 g/mol. The Hall–Kier alpha value is -1.82. The lowest BCUT2D eigenvalue weighted by atomic mass is 9.71. The Bertz CT molecular complexity index is 573. The molecule has 1 atom stereocenters. The molecule has 1 aromatic rings. The van der Waals surface area contributed by atoms with E-state index in [0.29, 0.717) is 31.9 Å². The zero-order valence-electron chi connectivity index (χ0n) is 13.2. The van der Waals surface area contributed by atoms with Gasteiger partial charge in [0.15, 0.2) is 0 Å². The first kappa shape index (κ1) is 15.1. The summed E-state index contributed by atoms with van der Waals surface area (Å²) < 4.78 is 7.08. The SMILES string of the molecule is COCC1C(=O)NCC12CCN(C(=O)c1cccn1C)CC2. The van der Waals surface area contributed by atoms with Crippen LogP contribution in [0.1, 0.15) is 23.3 Å². The lowest BCUT2D eigenvalue weighted by Gasteiger charge is -2.41. The van der Waals surface area contributed by atoms with E-state index >= 15 is 0 Å². The van der Waals surface area contributed by atoms with E-state index in [2.05, 4.69) is 5.32 Å². The van der Waals surface area contributed by atoms with Crippen LogP contribution in [0.25, 0.3) is 0 Å². The van der Waals surface area contributed by atoms with Gasteiger partial charge in [-0.3, -0.25) is 9.59 Å². The monoisotopic (exact) mass is 305 g/mol. The van der Waals surface area contributed by atoms with E-state index < -0.39 is 0 Å². The predicted octanol–water partition coefficient (Wildman–Crippen LogP) is 0.640. The van der Waals surface area contributed by atoms with Gasteiger partial charge in [0.1, 0.15) is 5.69 Å². The lowest BCUT2D eigenvalue weighted by Crippen LogP contribution is -2.47.